The van der Waals surface area contributed by atoms with E-state index in [0.29, 0.717) is 41.4 Å². The Bertz CT molecular complexity index is 929. The van der Waals surface area contributed by atoms with E-state index in [1.165, 1.54) is 6.07 Å². The van der Waals surface area contributed by atoms with Crippen molar-refractivity contribution < 1.29 is 18.7 Å². The van der Waals surface area contributed by atoms with Crippen LogP contribution in [-0.2, 0) is 0 Å². The van der Waals surface area contributed by atoms with E-state index in [4.69, 9.17) is 9.15 Å². The predicted octanol–water partition coefficient (Wildman–Crippen LogP) is 3.87. The number of aromatic nitrogens is 4. The van der Waals surface area contributed by atoms with Crippen molar-refractivity contribution in [1.82, 2.24) is 20.4 Å². The Morgan fingerprint density at radius 2 is 1.93 bits per heavy atom. The number of alkyl halides is 1. The van der Waals surface area contributed by atoms with Gasteiger partial charge in [0.1, 0.15) is 18.0 Å². The van der Waals surface area contributed by atoms with Crippen molar-refractivity contribution in [3.63, 3.8) is 0 Å². The van der Waals surface area contributed by atoms with Crippen LogP contribution in [-0.4, -0.2) is 37.8 Å². The van der Waals surface area contributed by atoms with Crippen molar-refractivity contribution >= 4 is 0 Å². The molecule has 0 amide bonds. The first-order valence-corrected chi connectivity index (χ1v) is 8.88. The summed E-state index contributed by atoms with van der Waals surface area (Å²) >= 11 is 0. The monoisotopic (exact) mass is 370 g/mol. The number of aromatic hydroxyl groups is 1. The molecule has 1 aromatic carbocycles. The van der Waals surface area contributed by atoms with Crippen LogP contribution in [0, 0.1) is 6.92 Å². The second kappa shape index (κ2) is 7.30. The molecule has 2 atom stereocenters. The standard InChI is InChI=1S/C19H19FN4O3/c1-11-21-24-19(26-11)12-6-7-13(16(25)10-12)15-8-9-18(23-22-15)27-17-5-3-2-4-14(17)20/h6-10,14,17,25H,2-5H2,1H3/t14-,17+/m1/s1. The number of rotatable bonds is 4. The van der Waals surface area contributed by atoms with Crippen LogP contribution in [0.4, 0.5) is 4.39 Å². The fraction of sp³-hybridized carbons (Fsp3) is 0.368. The minimum atomic E-state index is -0.967. The molecule has 0 saturated heterocycles. The lowest BCUT2D eigenvalue weighted by atomic mass is 9.96. The zero-order chi connectivity index (χ0) is 18.8. The van der Waals surface area contributed by atoms with Crippen molar-refractivity contribution in [2.24, 2.45) is 0 Å². The van der Waals surface area contributed by atoms with Crippen molar-refractivity contribution in [3.8, 4) is 34.3 Å². The Morgan fingerprint density at radius 1 is 1.07 bits per heavy atom. The van der Waals surface area contributed by atoms with Crippen molar-refractivity contribution in [3.05, 3.63) is 36.2 Å². The molecule has 0 aliphatic heterocycles. The van der Waals surface area contributed by atoms with Crippen LogP contribution >= 0.6 is 0 Å². The number of aryl methyl sites for hydroxylation is 1. The molecular formula is C19H19FN4O3. The van der Waals surface area contributed by atoms with Crippen molar-refractivity contribution in [2.75, 3.05) is 0 Å². The zero-order valence-corrected chi connectivity index (χ0v) is 14.8. The molecule has 0 unspecified atom stereocenters. The third kappa shape index (κ3) is 3.74. The lowest BCUT2D eigenvalue weighted by Crippen LogP contribution is -2.32. The topological polar surface area (TPSA) is 94.2 Å². The average Bonchev–Trinajstić information content (AvgIpc) is 3.11. The second-order valence-electron chi connectivity index (χ2n) is 6.57. The molecule has 1 fully saturated rings. The van der Waals surface area contributed by atoms with Gasteiger partial charge in [0.2, 0.25) is 17.7 Å². The fourth-order valence-electron chi connectivity index (χ4n) is 3.16. The highest BCUT2D eigenvalue weighted by molar-refractivity contribution is 5.71. The molecule has 2 aromatic heterocycles. The highest BCUT2D eigenvalue weighted by Gasteiger charge is 2.26. The van der Waals surface area contributed by atoms with Gasteiger partial charge in [0.15, 0.2) is 0 Å². The minimum absolute atomic E-state index is 0.0161. The Balaban J connectivity index is 1.51. The average molecular weight is 370 g/mol. The van der Waals surface area contributed by atoms with Crippen LogP contribution in [0.15, 0.2) is 34.7 Å². The summed E-state index contributed by atoms with van der Waals surface area (Å²) in [6, 6.07) is 8.31. The lowest BCUT2D eigenvalue weighted by molar-refractivity contribution is 0.0594. The predicted molar refractivity (Wildman–Crippen MR) is 94.9 cm³/mol. The smallest absolute Gasteiger partial charge is 0.247 e. The van der Waals surface area contributed by atoms with Gasteiger partial charge in [0, 0.05) is 24.1 Å². The number of hydrogen-bond acceptors (Lipinski definition) is 7. The molecular weight excluding hydrogens is 351 g/mol. The molecule has 7 nitrogen and oxygen atoms in total. The molecule has 1 saturated carbocycles. The first-order chi connectivity index (χ1) is 13.1. The minimum Gasteiger partial charge on any atom is -0.507 e. The van der Waals surface area contributed by atoms with E-state index in [-0.39, 0.29) is 11.6 Å². The van der Waals surface area contributed by atoms with Crippen LogP contribution in [0.2, 0.25) is 0 Å². The van der Waals surface area contributed by atoms with Gasteiger partial charge in [-0.2, -0.15) is 0 Å². The van der Waals surface area contributed by atoms with E-state index in [1.807, 2.05) is 0 Å². The van der Waals surface area contributed by atoms with Gasteiger partial charge >= 0.3 is 0 Å². The van der Waals surface area contributed by atoms with E-state index in [2.05, 4.69) is 20.4 Å². The van der Waals surface area contributed by atoms with Crippen LogP contribution in [0.25, 0.3) is 22.7 Å². The van der Waals surface area contributed by atoms with Crippen LogP contribution in [0.5, 0.6) is 11.6 Å². The van der Waals surface area contributed by atoms with E-state index < -0.39 is 12.3 Å². The van der Waals surface area contributed by atoms with Gasteiger partial charge in [0.05, 0.1) is 5.69 Å². The molecule has 4 rings (SSSR count). The molecule has 0 spiro atoms. The molecule has 0 bridgehead atoms. The summed E-state index contributed by atoms with van der Waals surface area (Å²) in [5.41, 5.74) is 1.60. The van der Waals surface area contributed by atoms with Crippen molar-refractivity contribution in [2.45, 2.75) is 44.9 Å². The number of ether oxygens (including phenoxy) is 1. The molecule has 0 radical (unpaired) electrons. The Morgan fingerprint density at radius 3 is 2.59 bits per heavy atom. The third-order valence-corrected chi connectivity index (χ3v) is 4.58. The molecule has 27 heavy (non-hydrogen) atoms. The van der Waals surface area contributed by atoms with Gasteiger partial charge in [-0.15, -0.1) is 20.4 Å². The highest BCUT2D eigenvalue weighted by Crippen LogP contribution is 2.32. The number of nitrogens with zero attached hydrogens (tertiary/aromatic N) is 4. The molecule has 1 N–H and O–H groups in total. The van der Waals surface area contributed by atoms with E-state index in [9.17, 15) is 9.50 Å². The Labute approximate surface area is 155 Å². The zero-order valence-electron chi connectivity index (χ0n) is 14.8. The summed E-state index contributed by atoms with van der Waals surface area (Å²) in [4.78, 5) is 0. The maximum absolute atomic E-state index is 13.9. The summed E-state index contributed by atoms with van der Waals surface area (Å²) in [7, 11) is 0. The molecule has 2 heterocycles. The number of benzene rings is 1. The fourth-order valence-corrected chi connectivity index (χ4v) is 3.16. The normalized spacial score (nSPS) is 19.8. The van der Waals surface area contributed by atoms with Gasteiger partial charge in [0.25, 0.3) is 0 Å². The summed E-state index contributed by atoms with van der Waals surface area (Å²) < 4.78 is 24.9. The highest BCUT2D eigenvalue weighted by atomic mass is 19.1. The van der Waals surface area contributed by atoms with Gasteiger partial charge < -0.3 is 14.3 Å². The number of phenolic OH excluding ortho intramolecular Hbond substituents is 1. The summed E-state index contributed by atoms with van der Waals surface area (Å²) in [5.74, 6) is 1.08. The summed E-state index contributed by atoms with van der Waals surface area (Å²) in [6.07, 6.45) is 1.62. The maximum atomic E-state index is 13.9. The van der Waals surface area contributed by atoms with E-state index in [0.717, 1.165) is 12.8 Å². The lowest BCUT2D eigenvalue weighted by Gasteiger charge is -2.25. The third-order valence-electron chi connectivity index (χ3n) is 4.58. The van der Waals surface area contributed by atoms with Crippen LogP contribution in [0.3, 0.4) is 0 Å². The second-order valence-corrected chi connectivity index (χ2v) is 6.57. The molecule has 1 aliphatic rings. The van der Waals surface area contributed by atoms with Crippen LogP contribution < -0.4 is 4.74 Å². The van der Waals surface area contributed by atoms with E-state index in [1.54, 1.807) is 31.2 Å². The van der Waals surface area contributed by atoms with Crippen molar-refractivity contribution in [1.29, 1.82) is 0 Å². The quantitative estimate of drug-likeness (QED) is 0.745. The molecule has 3 aromatic rings. The number of halogens is 1. The SMILES string of the molecule is Cc1nnc(-c2ccc(-c3ccc(O[C@H]4CCCC[C@H]4F)nn3)c(O)c2)o1. The summed E-state index contributed by atoms with van der Waals surface area (Å²) in [6.45, 7) is 1.70. The Kier molecular flexibility index (Phi) is 4.70. The molecule has 140 valence electrons. The van der Waals surface area contributed by atoms with Gasteiger partial charge in [-0.05, 0) is 43.5 Å². The molecule has 8 heteroatoms. The summed E-state index contributed by atoms with van der Waals surface area (Å²) in [5, 5.41) is 26.2. The van der Waals surface area contributed by atoms with E-state index >= 15 is 0 Å². The van der Waals surface area contributed by atoms with Gasteiger partial charge in [-0.3, -0.25) is 0 Å². The molecule has 1 aliphatic carbocycles. The maximum Gasteiger partial charge on any atom is 0.247 e. The first kappa shape index (κ1) is 17.4. The van der Waals surface area contributed by atoms with Gasteiger partial charge in [-0.1, -0.05) is 6.42 Å². The Hall–Kier alpha value is -3.03. The largest absolute Gasteiger partial charge is 0.507 e. The van der Waals surface area contributed by atoms with Gasteiger partial charge in [-0.25, -0.2) is 4.39 Å². The number of hydrogen-bond donors (Lipinski definition) is 1. The first-order valence-electron chi connectivity index (χ1n) is 8.88. The number of phenols is 1. The van der Waals surface area contributed by atoms with Crippen LogP contribution in [0.1, 0.15) is 31.6 Å².